The summed E-state index contributed by atoms with van der Waals surface area (Å²) in [6.07, 6.45) is 0. The molecule has 0 spiro atoms. The number of nitro benzene ring substituents is 1. The van der Waals surface area contributed by atoms with Crippen LogP contribution >= 0.6 is 11.6 Å². The number of fused-ring (bicyclic) bond motifs is 1. The molecule has 0 fully saturated rings. The molecule has 0 saturated carbocycles. The van der Waals surface area contributed by atoms with Gasteiger partial charge in [-0.05, 0) is 17.5 Å². The van der Waals surface area contributed by atoms with Crippen LogP contribution in [0.25, 0.3) is 10.8 Å². The van der Waals surface area contributed by atoms with Gasteiger partial charge in [0.1, 0.15) is 5.69 Å². The summed E-state index contributed by atoms with van der Waals surface area (Å²) in [4.78, 5) is 22.1. The number of rotatable bonds is 4. The first-order chi connectivity index (χ1) is 11.5. The fourth-order valence-corrected chi connectivity index (χ4v) is 2.71. The first-order valence-corrected chi connectivity index (χ1v) is 7.32. The van der Waals surface area contributed by atoms with Gasteiger partial charge in [-0.2, -0.15) is 0 Å². The lowest BCUT2D eigenvalue weighted by atomic mass is 10.1. The monoisotopic (exact) mass is 342 g/mol. The van der Waals surface area contributed by atoms with Crippen LogP contribution in [0.1, 0.15) is 10.4 Å². The minimum absolute atomic E-state index is 0.103. The number of carbonyl (C=O) groups is 1. The van der Waals surface area contributed by atoms with Crippen LogP contribution in [0.2, 0.25) is 5.02 Å². The van der Waals surface area contributed by atoms with E-state index in [1.54, 1.807) is 18.2 Å². The van der Waals surface area contributed by atoms with Crippen LogP contribution < -0.4 is 5.32 Å². The zero-order chi connectivity index (χ0) is 17.3. The standard InChI is InChI=1S/C17H11ClN2O4/c18-13-9-8-10-4-1-2-5-11(10)15(13)19-16-12(17(21)22)6-3-7-14(16)20(23)24/h1-9,19H,(H,21,22). The third-order valence-corrected chi connectivity index (χ3v) is 3.91. The molecule has 2 N–H and O–H groups in total. The molecule has 6 nitrogen and oxygen atoms in total. The Balaban J connectivity index is 2.24. The number of nitro groups is 1. The van der Waals surface area contributed by atoms with Gasteiger partial charge >= 0.3 is 5.97 Å². The van der Waals surface area contributed by atoms with Crippen molar-refractivity contribution >= 4 is 45.4 Å². The smallest absolute Gasteiger partial charge is 0.338 e. The van der Waals surface area contributed by atoms with Gasteiger partial charge in [0.2, 0.25) is 0 Å². The predicted molar refractivity (Wildman–Crippen MR) is 92.3 cm³/mol. The number of carboxylic acid groups (broad SMARTS) is 1. The molecular weight excluding hydrogens is 332 g/mol. The highest BCUT2D eigenvalue weighted by atomic mass is 35.5. The molecule has 0 unspecified atom stereocenters. The van der Waals surface area contributed by atoms with Crippen LogP contribution in [-0.2, 0) is 0 Å². The molecule has 3 aromatic rings. The minimum atomic E-state index is -1.27. The molecule has 120 valence electrons. The lowest BCUT2D eigenvalue weighted by molar-refractivity contribution is -0.383. The van der Waals surface area contributed by atoms with Crippen molar-refractivity contribution in [2.24, 2.45) is 0 Å². The summed E-state index contributed by atoms with van der Waals surface area (Å²) in [5.74, 6) is -1.27. The molecule has 0 bridgehead atoms. The largest absolute Gasteiger partial charge is 0.478 e. The van der Waals surface area contributed by atoms with Crippen molar-refractivity contribution in [2.45, 2.75) is 0 Å². The number of benzene rings is 3. The summed E-state index contributed by atoms with van der Waals surface area (Å²) in [5, 5.41) is 25.4. The number of halogens is 1. The van der Waals surface area contributed by atoms with Crippen molar-refractivity contribution in [1.82, 2.24) is 0 Å². The number of para-hydroxylation sites is 1. The number of anilines is 2. The van der Waals surface area contributed by atoms with Gasteiger partial charge in [-0.3, -0.25) is 10.1 Å². The van der Waals surface area contributed by atoms with E-state index in [1.807, 2.05) is 18.2 Å². The molecular formula is C17H11ClN2O4. The van der Waals surface area contributed by atoms with E-state index in [4.69, 9.17) is 11.6 Å². The fraction of sp³-hybridized carbons (Fsp3) is 0. The molecule has 24 heavy (non-hydrogen) atoms. The van der Waals surface area contributed by atoms with Crippen LogP contribution in [0.3, 0.4) is 0 Å². The predicted octanol–water partition coefficient (Wildman–Crippen LogP) is 4.84. The summed E-state index contributed by atoms with van der Waals surface area (Å²) in [6, 6.07) is 14.7. The third-order valence-electron chi connectivity index (χ3n) is 3.60. The normalized spacial score (nSPS) is 10.5. The van der Waals surface area contributed by atoms with Crippen molar-refractivity contribution in [3.05, 3.63) is 75.3 Å². The maximum atomic E-state index is 11.4. The van der Waals surface area contributed by atoms with E-state index in [-0.39, 0.29) is 16.9 Å². The SMILES string of the molecule is O=C(O)c1cccc([N+](=O)[O-])c1Nc1c(Cl)ccc2ccccc12. The zero-order valence-electron chi connectivity index (χ0n) is 12.2. The first kappa shape index (κ1) is 15.8. The first-order valence-electron chi connectivity index (χ1n) is 6.94. The highest BCUT2D eigenvalue weighted by molar-refractivity contribution is 6.35. The molecule has 0 aliphatic carbocycles. The maximum Gasteiger partial charge on any atom is 0.338 e. The molecule has 0 aliphatic rings. The maximum absolute atomic E-state index is 11.4. The summed E-state index contributed by atoms with van der Waals surface area (Å²) in [6.45, 7) is 0. The van der Waals surface area contributed by atoms with E-state index < -0.39 is 10.9 Å². The summed E-state index contributed by atoms with van der Waals surface area (Å²) < 4.78 is 0. The van der Waals surface area contributed by atoms with E-state index >= 15 is 0 Å². The van der Waals surface area contributed by atoms with E-state index in [2.05, 4.69) is 5.32 Å². The fourth-order valence-electron chi connectivity index (χ4n) is 2.50. The van der Waals surface area contributed by atoms with Crippen LogP contribution in [0.5, 0.6) is 0 Å². The van der Waals surface area contributed by atoms with Crippen molar-refractivity contribution in [3.8, 4) is 0 Å². The molecule has 3 rings (SSSR count). The van der Waals surface area contributed by atoms with Gasteiger partial charge in [0.05, 0.1) is 21.2 Å². The Morgan fingerprint density at radius 1 is 1.04 bits per heavy atom. The molecule has 0 saturated heterocycles. The summed E-state index contributed by atoms with van der Waals surface area (Å²) in [5.41, 5.74) is -0.216. The average molecular weight is 343 g/mol. The van der Waals surface area contributed by atoms with Crippen LogP contribution in [-0.4, -0.2) is 16.0 Å². The van der Waals surface area contributed by atoms with Gasteiger partial charge in [0, 0.05) is 11.5 Å². The highest BCUT2D eigenvalue weighted by Crippen LogP contribution is 2.37. The second-order valence-electron chi connectivity index (χ2n) is 5.03. The van der Waals surface area contributed by atoms with E-state index in [9.17, 15) is 20.0 Å². The quantitative estimate of drug-likeness (QED) is 0.522. The van der Waals surface area contributed by atoms with E-state index in [1.165, 1.54) is 18.2 Å². The van der Waals surface area contributed by atoms with Crippen molar-refractivity contribution in [1.29, 1.82) is 0 Å². The van der Waals surface area contributed by atoms with Gasteiger partial charge in [-0.15, -0.1) is 0 Å². The van der Waals surface area contributed by atoms with Crippen molar-refractivity contribution in [3.63, 3.8) is 0 Å². The molecule has 0 heterocycles. The second-order valence-corrected chi connectivity index (χ2v) is 5.44. The van der Waals surface area contributed by atoms with Crippen LogP contribution in [0.4, 0.5) is 17.1 Å². The summed E-state index contributed by atoms with van der Waals surface area (Å²) in [7, 11) is 0. The highest BCUT2D eigenvalue weighted by Gasteiger charge is 2.22. The van der Waals surface area contributed by atoms with E-state index in [0.29, 0.717) is 10.7 Å². The number of aromatic carboxylic acids is 1. The van der Waals surface area contributed by atoms with Gasteiger partial charge < -0.3 is 10.4 Å². The number of nitrogens with one attached hydrogen (secondary N) is 1. The van der Waals surface area contributed by atoms with Gasteiger partial charge in [0.25, 0.3) is 5.69 Å². The Labute approximate surface area is 141 Å². The Morgan fingerprint density at radius 3 is 2.50 bits per heavy atom. The zero-order valence-corrected chi connectivity index (χ0v) is 12.9. The topological polar surface area (TPSA) is 92.5 Å². The number of nitrogens with zero attached hydrogens (tertiary/aromatic N) is 1. The number of carboxylic acids is 1. The Morgan fingerprint density at radius 2 is 1.79 bits per heavy atom. The summed E-state index contributed by atoms with van der Waals surface area (Å²) >= 11 is 6.24. The molecule has 3 aromatic carbocycles. The Hall–Kier alpha value is -3.12. The molecule has 0 radical (unpaired) electrons. The lowest BCUT2D eigenvalue weighted by Gasteiger charge is -2.14. The Kier molecular flexibility index (Phi) is 4.05. The van der Waals surface area contributed by atoms with E-state index in [0.717, 1.165) is 10.8 Å². The number of hydrogen-bond donors (Lipinski definition) is 2. The Bertz CT molecular complexity index is 940. The molecule has 7 heteroatoms. The van der Waals surface area contributed by atoms with Crippen LogP contribution in [0.15, 0.2) is 54.6 Å². The van der Waals surface area contributed by atoms with Gasteiger partial charge in [-0.1, -0.05) is 48.0 Å². The average Bonchev–Trinajstić information content (AvgIpc) is 2.57. The third kappa shape index (κ3) is 2.75. The minimum Gasteiger partial charge on any atom is -0.478 e. The molecule has 0 amide bonds. The molecule has 0 aromatic heterocycles. The van der Waals surface area contributed by atoms with Gasteiger partial charge in [0.15, 0.2) is 0 Å². The number of hydrogen-bond acceptors (Lipinski definition) is 4. The lowest BCUT2D eigenvalue weighted by Crippen LogP contribution is -2.06. The van der Waals surface area contributed by atoms with Crippen molar-refractivity contribution in [2.75, 3.05) is 5.32 Å². The second kappa shape index (κ2) is 6.17. The van der Waals surface area contributed by atoms with Crippen molar-refractivity contribution < 1.29 is 14.8 Å². The molecule has 0 aliphatic heterocycles. The van der Waals surface area contributed by atoms with Gasteiger partial charge in [-0.25, -0.2) is 4.79 Å². The van der Waals surface area contributed by atoms with Crippen LogP contribution in [0, 0.1) is 10.1 Å². The molecule has 0 atom stereocenters.